The van der Waals surface area contributed by atoms with E-state index in [0.717, 1.165) is 0 Å². The third-order valence-corrected chi connectivity index (χ3v) is 3.05. The number of amides is 1. The summed E-state index contributed by atoms with van der Waals surface area (Å²) in [5.41, 5.74) is 1.67. The van der Waals surface area contributed by atoms with Crippen molar-refractivity contribution >= 4 is 11.6 Å². The second-order valence-corrected chi connectivity index (χ2v) is 4.72. The molecule has 0 atom stereocenters. The number of nitrogens with zero attached hydrogens (tertiary/aromatic N) is 2. The Morgan fingerprint density at radius 3 is 2.57 bits per heavy atom. The molecule has 2 rings (SSSR count). The highest BCUT2D eigenvalue weighted by Gasteiger charge is 2.18. The molecule has 4 heteroatoms. The summed E-state index contributed by atoms with van der Waals surface area (Å²) >= 11 is 0. The summed E-state index contributed by atoms with van der Waals surface area (Å²) < 4.78 is 13.5. The summed E-state index contributed by atoms with van der Waals surface area (Å²) in [6, 6.07) is 15.3. The fourth-order valence-corrected chi connectivity index (χ4v) is 2.13. The van der Waals surface area contributed by atoms with Crippen LogP contribution in [0.25, 0.3) is 0 Å². The van der Waals surface area contributed by atoms with E-state index in [2.05, 4.69) is 0 Å². The monoisotopic (exact) mass is 282 g/mol. The van der Waals surface area contributed by atoms with Gasteiger partial charge in [0.05, 0.1) is 12.5 Å². The van der Waals surface area contributed by atoms with Crippen molar-refractivity contribution in [2.24, 2.45) is 0 Å². The van der Waals surface area contributed by atoms with Gasteiger partial charge in [0, 0.05) is 17.8 Å². The number of para-hydroxylation sites is 1. The molecule has 0 saturated heterocycles. The molecule has 0 radical (unpaired) electrons. The van der Waals surface area contributed by atoms with Crippen LogP contribution in [0.3, 0.4) is 0 Å². The summed E-state index contributed by atoms with van der Waals surface area (Å²) in [7, 11) is 0. The predicted molar refractivity (Wildman–Crippen MR) is 79.5 cm³/mol. The molecule has 0 heterocycles. The molecule has 0 fully saturated rings. The Bertz CT molecular complexity index is 657. The lowest BCUT2D eigenvalue weighted by molar-refractivity contribution is 0.0987. The molecule has 0 spiro atoms. The number of hydrogen-bond acceptors (Lipinski definition) is 2. The average molecular weight is 282 g/mol. The highest BCUT2D eigenvalue weighted by Crippen LogP contribution is 2.18. The second-order valence-electron chi connectivity index (χ2n) is 4.72. The van der Waals surface area contributed by atoms with Gasteiger partial charge in [0.1, 0.15) is 5.82 Å². The summed E-state index contributed by atoms with van der Waals surface area (Å²) in [6.07, 6.45) is 0.217. The molecule has 106 valence electrons. The van der Waals surface area contributed by atoms with Crippen LogP contribution < -0.4 is 4.90 Å². The van der Waals surface area contributed by atoms with Gasteiger partial charge in [-0.05, 0) is 42.8 Å². The van der Waals surface area contributed by atoms with E-state index < -0.39 is 5.82 Å². The van der Waals surface area contributed by atoms with Gasteiger partial charge in [0.15, 0.2) is 0 Å². The van der Waals surface area contributed by atoms with Crippen molar-refractivity contribution in [1.29, 1.82) is 5.26 Å². The number of halogens is 1. The van der Waals surface area contributed by atoms with E-state index in [-0.39, 0.29) is 24.4 Å². The topological polar surface area (TPSA) is 44.1 Å². The molecule has 0 unspecified atom stereocenters. The average Bonchev–Trinajstić information content (AvgIpc) is 2.47. The van der Waals surface area contributed by atoms with E-state index in [4.69, 9.17) is 5.26 Å². The maximum Gasteiger partial charge on any atom is 0.258 e. The molecule has 0 aliphatic carbocycles. The standard InChI is InChI=1S/C17H15FN2O/c1-13-10-14(12-15(18)11-13)17(21)20(9-5-8-19)16-6-3-2-4-7-16/h2-4,6-7,10-12H,5,9H2,1H3. The van der Waals surface area contributed by atoms with Crippen molar-refractivity contribution in [3.8, 4) is 6.07 Å². The van der Waals surface area contributed by atoms with Gasteiger partial charge in [0.25, 0.3) is 5.91 Å². The van der Waals surface area contributed by atoms with Gasteiger partial charge in [0.2, 0.25) is 0 Å². The Morgan fingerprint density at radius 2 is 1.95 bits per heavy atom. The number of rotatable bonds is 4. The lowest BCUT2D eigenvalue weighted by Crippen LogP contribution is -2.31. The number of anilines is 1. The summed E-state index contributed by atoms with van der Waals surface area (Å²) in [6.45, 7) is 2.01. The first-order valence-electron chi connectivity index (χ1n) is 6.63. The van der Waals surface area contributed by atoms with Crippen molar-refractivity contribution in [3.05, 3.63) is 65.5 Å². The van der Waals surface area contributed by atoms with E-state index in [1.807, 2.05) is 24.3 Å². The van der Waals surface area contributed by atoms with Gasteiger partial charge >= 0.3 is 0 Å². The first-order valence-corrected chi connectivity index (χ1v) is 6.63. The van der Waals surface area contributed by atoms with Gasteiger partial charge in [-0.25, -0.2) is 4.39 Å². The quantitative estimate of drug-likeness (QED) is 0.858. The highest BCUT2D eigenvalue weighted by molar-refractivity contribution is 6.06. The van der Waals surface area contributed by atoms with Crippen LogP contribution in [-0.2, 0) is 0 Å². The molecule has 21 heavy (non-hydrogen) atoms. The fraction of sp³-hybridized carbons (Fsp3) is 0.176. The zero-order valence-corrected chi connectivity index (χ0v) is 11.7. The lowest BCUT2D eigenvalue weighted by atomic mass is 10.1. The Morgan fingerprint density at radius 1 is 1.24 bits per heavy atom. The molecule has 2 aromatic rings. The lowest BCUT2D eigenvalue weighted by Gasteiger charge is -2.22. The second kappa shape index (κ2) is 6.67. The summed E-state index contributed by atoms with van der Waals surface area (Å²) in [4.78, 5) is 14.1. The van der Waals surface area contributed by atoms with Crippen molar-refractivity contribution in [2.75, 3.05) is 11.4 Å². The van der Waals surface area contributed by atoms with Crippen molar-refractivity contribution in [2.45, 2.75) is 13.3 Å². The zero-order chi connectivity index (χ0) is 15.2. The maximum atomic E-state index is 13.5. The summed E-state index contributed by atoms with van der Waals surface area (Å²) in [5, 5.41) is 8.75. The van der Waals surface area contributed by atoms with E-state index in [0.29, 0.717) is 11.3 Å². The largest absolute Gasteiger partial charge is 0.307 e. The number of nitriles is 1. The Labute approximate surface area is 123 Å². The molecular weight excluding hydrogens is 267 g/mol. The normalized spacial score (nSPS) is 9.95. The molecule has 0 N–H and O–H groups in total. The molecule has 0 bridgehead atoms. The Hall–Kier alpha value is -2.67. The predicted octanol–water partition coefficient (Wildman–Crippen LogP) is 3.69. The molecule has 1 amide bonds. The van der Waals surface area contributed by atoms with Crippen LogP contribution in [0.1, 0.15) is 22.3 Å². The van der Waals surface area contributed by atoms with Crippen LogP contribution in [0.4, 0.5) is 10.1 Å². The summed E-state index contributed by atoms with van der Waals surface area (Å²) in [5.74, 6) is -0.745. The van der Waals surface area contributed by atoms with Crippen LogP contribution in [0.5, 0.6) is 0 Å². The van der Waals surface area contributed by atoms with Crippen molar-refractivity contribution in [3.63, 3.8) is 0 Å². The van der Waals surface area contributed by atoms with Crippen molar-refractivity contribution < 1.29 is 9.18 Å². The number of aryl methyl sites for hydroxylation is 1. The minimum Gasteiger partial charge on any atom is -0.307 e. The molecule has 2 aromatic carbocycles. The van der Waals surface area contributed by atoms with E-state index in [1.54, 1.807) is 25.1 Å². The molecule has 0 aliphatic heterocycles. The van der Waals surface area contributed by atoms with Gasteiger partial charge in [-0.15, -0.1) is 0 Å². The molecule has 0 aliphatic rings. The fourth-order valence-electron chi connectivity index (χ4n) is 2.13. The number of hydrogen-bond donors (Lipinski definition) is 0. The molecule has 3 nitrogen and oxygen atoms in total. The van der Waals surface area contributed by atoms with Gasteiger partial charge in [-0.2, -0.15) is 5.26 Å². The minimum atomic E-state index is -0.438. The smallest absolute Gasteiger partial charge is 0.258 e. The molecule has 0 aromatic heterocycles. The van der Waals surface area contributed by atoms with E-state index >= 15 is 0 Å². The molecule has 0 saturated carbocycles. The SMILES string of the molecule is Cc1cc(F)cc(C(=O)N(CCC#N)c2ccccc2)c1. The van der Waals surface area contributed by atoms with Gasteiger partial charge < -0.3 is 4.90 Å². The van der Waals surface area contributed by atoms with Crippen molar-refractivity contribution in [1.82, 2.24) is 0 Å². The number of carbonyl (C=O) groups is 1. The molecular formula is C17H15FN2O. The first-order chi connectivity index (χ1) is 10.1. The minimum absolute atomic E-state index is 0.217. The van der Waals surface area contributed by atoms with E-state index in [9.17, 15) is 9.18 Å². The third kappa shape index (κ3) is 3.67. The van der Waals surface area contributed by atoms with Crippen LogP contribution in [0, 0.1) is 24.1 Å². The Kier molecular flexibility index (Phi) is 4.68. The van der Waals surface area contributed by atoms with Crippen LogP contribution in [-0.4, -0.2) is 12.5 Å². The Balaban J connectivity index is 2.36. The third-order valence-electron chi connectivity index (χ3n) is 3.05. The van der Waals surface area contributed by atoms with Crippen LogP contribution >= 0.6 is 0 Å². The van der Waals surface area contributed by atoms with Crippen LogP contribution in [0.2, 0.25) is 0 Å². The maximum absolute atomic E-state index is 13.5. The first kappa shape index (κ1) is 14.7. The zero-order valence-electron chi connectivity index (χ0n) is 11.7. The van der Waals surface area contributed by atoms with Gasteiger partial charge in [-0.1, -0.05) is 18.2 Å². The highest BCUT2D eigenvalue weighted by atomic mass is 19.1. The van der Waals surface area contributed by atoms with Gasteiger partial charge in [-0.3, -0.25) is 4.79 Å². The van der Waals surface area contributed by atoms with E-state index in [1.165, 1.54) is 17.0 Å². The number of benzene rings is 2. The van der Waals surface area contributed by atoms with Crippen LogP contribution in [0.15, 0.2) is 48.5 Å². The number of carbonyl (C=O) groups excluding carboxylic acids is 1.